The molecule has 1 fully saturated rings. The molecule has 0 aromatic heterocycles. The summed E-state index contributed by atoms with van der Waals surface area (Å²) in [6, 6.07) is 14.6. The zero-order valence-corrected chi connectivity index (χ0v) is 15.8. The van der Waals surface area contributed by atoms with E-state index in [9.17, 15) is 4.79 Å². The van der Waals surface area contributed by atoms with Gasteiger partial charge in [0.2, 0.25) is 0 Å². The Morgan fingerprint density at radius 2 is 1.58 bits per heavy atom. The average Bonchev–Trinajstić information content (AvgIpc) is 2.66. The van der Waals surface area contributed by atoms with Crippen molar-refractivity contribution >= 4 is 34.9 Å². The Bertz CT molecular complexity index is 717. The summed E-state index contributed by atoms with van der Waals surface area (Å²) in [6.07, 6.45) is 0. The van der Waals surface area contributed by atoms with Gasteiger partial charge in [-0.05, 0) is 42.0 Å². The minimum atomic E-state index is -0.250. The van der Waals surface area contributed by atoms with E-state index in [1.807, 2.05) is 24.3 Å². The Balaban J connectivity index is 1.64. The van der Waals surface area contributed by atoms with Crippen molar-refractivity contribution in [2.24, 2.45) is 0 Å². The summed E-state index contributed by atoms with van der Waals surface area (Å²) >= 11 is 11.9. The second-order valence-electron chi connectivity index (χ2n) is 6.06. The van der Waals surface area contributed by atoms with Crippen LogP contribution in [-0.4, -0.2) is 43.8 Å². The maximum absolute atomic E-state index is 12.3. The van der Waals surface area contributed by atoms with E-state index in [1.165, 1.54) is 0 Å². The molecule has 138 valence electrons. The molecule has 2 N–H and O–H groups in total. The predicted octanol–water partition coefficient (Wildman–Crippen LogP) is 4.19. The monoisotopic (exact) mass is 393 g/mol. The number of halogens is 2. The van der Waals surface area contributed by atoms with Crippen LogP contribution in [0, 0.1) is 0 Å². The van der Waals surface area contributed by atoms with Crippen molar-refractivity contribution in [3.8, 4) is 0 Å². The molecule has 3 rings (SSSR count). The van der Waals surface area contributed by atoms with Gasteiger partial charge >= 0.3 is 6.03 Å². The SMILES string of the molecule is O=C(NCC(c1ccc(Cl)cc1)N1CCOCC1)Nc1ccc(Cl)cc1. The molecule has 1 aliphatic heterocycles. The van der Waals surface area contributed by atoms with E-state index >= 15 is 0 Å². The lowest BCUT2D eigenvalue weighted by molar-refractivity contribution is 0.0168. The van der Waals surface area contributed by atoms with E-state index in [0.29, 0.717) is 35.5 Å². The first-order valence-corrected chi connectivity index (χ1v) is 9.25. The van der Waals surface area contributed by atoms with Crippen LogP contribution in [0.25, 0.3) is 0 Å². The number of anilines is 1. The van der Waals surface area contributed by atoms with E-state index < -0.39 is 0 Å². The largest absolute Gasteiger partial charge is 0.379 e. The molecule has 1 atom stereocenters. The summed E-state index contributed by atoms with van der Waals surface area (Å²) in [5.74, 6) is 0. The Morgan fingerprint density at radius 3 is 2.19 bits per heavy atom. The zero-order chi connectivity index (χ0) is 18.4. The first-order chi connectivity index (χ1) is 12.6. The van der Waals surface area contributed by atoms with E-state index in [-0.39, 0.29) is 12.1 Å². The number of morpholine rings is 1. The van der Waals surface area contributed by atoms with Crippen molar-refractivity contribution in [3.05, 3.63) is 64.1 Å². The third-order valence-corrected chi connectivity index (χ3v) is 4.80. The van der Waals surface area contributed by atoms with Crippen LogP contribution in [0.4, 0.5) is 10.5 Å². The number of hydrogen-bond acceptors (Lipinski definition) is 3. The Labute approximate surface area is 163 Å². The van der Waals surface area contributed by atoms with Gasteiger partial charge in [-0.15, -0.1) is 0 Å². The van der Waals surface area contributed by atoms with Gasteiger partial charge in [-0.3, -0.25) is 4.90 Å². The topological polar surface area (TPSA) is 53.6 Å². The van der Waals surface area contributed by atoms with Crippen LogP contribution in [0.2, 0.25) is 10.0 Å². The minimum Gasteiger partial charge on any atom is -0.379 e. The lowest BCUT2D eigenvalue weighted by Crippen LogP contribution is -2.44. The smallest absolute Gasteiger partial charge is 0.319 e. The Hall–Kier alpha value is -1.79. The molecule has 2 aromatic rings. The molecule has 5 nitrogen and oxygen atoms in total. The lowest BCUT2D eigenvalue weighted by atomic mass is 10.0. The first kappa shape index (κ1) is 19.0. The molecule has 0 spiro atoms. The second kappa shape index (κ2) is 9.24. The summed E-state index contributed by atoms with van der Waals surface area (Å²) in [5.41, 5.74) is 1.81. The van der Waals surface area contributed by atoms with Gasteiger partial charge in [-0.1, -0.05) is 35.3 Å². The third-order valence-electron chi connectivity index (χ3n) is 4.30. The van der Waals surface area contributed by atoms with Gasteiger partial charge in [0, 0.05) is 35.4 Å². The molecular weight excluding hydrogens is 373 g/mol. The fourth-order valence-electron chi connectivity index (χ4n) is 2.93. The number of carbonyl (C=O) groups excluding carboxylic acids is 1. The molecule has 7 heteroatoms. The molecule has 0 radical (unpaired) electrons. The second-order valence-corrected chi connectivity index (χ2v) is 6.93. The van der Waals surface area contributed by atoms with E-state index in [4.69, 9.17) is 27.9 Å². The van der Waals surface area contributed by atoms with Gasteiger partial charge in [0.05, 0.1) is 19.3 Å². The maximum atomic E-state index is 12.3. The Kier molecular flexibility index (Phi) is 6.74. The number of amides is 2. The van der Waals surface area contributed by atoms with Gasteiger partial charge in [0.1, 0.15) is 0 Å². The standard InChI is InChI=1S/C19H21Cl2N3O2/c20-15-3-1-14(2-4-15)18(24-9-11-26-12-10-24)13-22-19(25)23-17-7-5-16(21)6-8-17/h1-8,18H,9-13H2,(H2,22,23,25). The Morgan fingerprint density at radius 1 is 1.00 bits per heavy atom. The highest BCUT2D eigenvalue weighted by atomic mass is 35.5. The van der Waals surface area contributed by atoms with Gasteiger partial charge in [-0.2, -0.15) is 0 Å². The molecule has 0 saturated carbocycles. The number of hydrogen-bond donors (Lipinski definition) is 2. The van der Waals surface area contributed by atoms with Crippen LogP contribution < -0.4 is 10.6 Å². The highest BCUT2D eigenvalue weighted by molar-refractivity contribution is 6.30. The maximum Gasteiger partial charge on any atom is 0.319 e. The van der Waals surface area contributed by atoms with Crippen LogP contribution in [-0.2, 0) is 4.74 Å². The highest BCUT2D eigenvalue weighted by Crippen LogP contribution is 2.23. The molecule has 1 unspecified atom stereocenters. The van der Waals surface area contributed by atoms with Gasteiger partial charge in [0.25, 0.3) is 0 Å². The van der Waals surface area contributed by atoms with Gasteiger partial charge in [-0.25, -0.2) is 4.79 Å². The van der Waals surface area contributed by atoms with Crippen molar-refractivity contribution < 1.29 is 9.53 Å². The molecule has 2 aromatic carbocycles. The van der Waals surface area contributed by atoms with Crippen molar-refractivity contribution in [2.75, 3.05) is 38.2 Å². The fourth-order valence-corrected chi connectivity index (χ4v) is 3.18. The van der Waals surface area contributed by atoms with Crippen LogP contribution in [0.15, 0.2) is 48.5 Å². The number of carbonyl (C=O) groups is 1. The third kappa shape index (κ3) is 5.35. The van der Waals surface area contributed by atoms with Crippen molar-refractivity contribution in [2.45, 2.75) is 6.04 Å². The number of rotatable bonds is 5. The summed E-state index contributed by atoms with van der Waals surface area (Å²) in [7, 11) is 0. The van der Waals surface area contributed by atoms with Crippen molar-refractivity contribution in [1.82, 2.24) is 10.2 Å². The van der Waals surface area contributed by atoms with Gasteiger partial charge in [0.15, 0.2) is 0 Å². The molecule has 0 bridgehead atoms. The molecule has 1 aliphatic rings. The molecule has 26 heavy (non-hydrogen) atoms. The van der Waals surface area contributed by atoms with Crippen LogP contribution in [0.5, 0.6) is 0 Å². The number of urea groups is 1. The van der Waals surface area contributed by atoms with Crippen LogP contribution >= 0.6 is 23.2 Å². The molecule has 1 heterocycles. The lowest BCUT2D eigenvalue weighted by Gasteiger charge is -2.35. The number of benzene rings is 2. The average molecular weight is 394 g/mol. The fraction of sp³-hybridized carbons (Fsp3) is 0.316. The quantitative estimate of drug-likeness (QED) is 0.800. The number of nitrogens with zero attached hydrogens (tertiary/aromatic N) is 1. The van der Waals surface area contributed by atoms with Crippen molar-refractivity contribution in [3.63, 3.8) is 0 Å². The summed E-state index contributed by atoms with van der Waals surface area (Å²) in [6.45, 7) is 3.53. The molecule has 0 aliphatic carbocycles. The highest BCUT2D eigenvalue weighted by Gasteiger charge is 2.23. The number of nitrogens with one attached hydrogen (secondary N) is 2. The molecular formula is C19H21Cl2N3O2. The van der Waals surface area contributed by atoms with E-state index in [2.05, 4.69) is 15.5 Å². The molecule has 1 saturated heterocycles. The van der Waals surface area contributed by atoms with E-state index in [1.54, 1.807) is 24.3 Å². The first-order valence-electron chi connectivity index (χ1n) is 8.49. The zero-order valence-electron chi connectivity index (χ0n) is 14.3. The van der Waals surface area contributed by atoms with Gasteiger partial charge < -0.3 is 15.4 Å². The summed E-state index contributed by atoms with van der Waals surface area (Å²) < 4.78 is 5.45. The normalized spacial score (nSPS) is 16.1. The summed E-state index contributed by atoms with van der Waals surface area (Å²) in [4.78, 5) is 14.6. The van der Waals surface area contributed by atoms with Crippen molar-refractivity contribution in [1.29, 1.82) is 0 Å². The van der Waals surface area contributed by atoms with Crippen LogP contribution in [0.1, 0.15) is 11.6 Å². The predicted molar refractivity (Wildman–Crippen MR) is 105 cm³/mol. The van der Waals surface area contributed by atoms with Crippen LogP contribution in [0.3, 0.4) is 0 Å². The van der Waals surface area contributed by atoms with E-state index in [0.717, 1.165) is 18.7 Å². The molecule has 2 amide bonds. The number of ether oxygens (including phenoxy) is 1. The summed E-state index contributed by atoms with van der Waals surface area (Å²) in [5, 5.41) is 7.10. The minimum absolute atomic E-state index is 0.0622.